The SMILES string of the molecule is C=C(C(=O)OC)[C@@H](O[C@H](C(=C)C(=O)OC)c1ccc([N+](=O)[O-])cc1)c1ccc([N+](=O)[O-])cc1. The number of esters is 2. The molecule has 0 saturated carbocycles. The van der Waals surface area contributed by atoms with Crippen LogP contribution >= 0.6 is 0 Å². The molecule has 0 aliphatic rings. The van der Waals surface area contributed by atoms with Crippen LogP contribution in [0.5, 0.6) is 0 Å². The number of methoxy groups -OCH3 is 2. The highest BCUT2D eigenvalue weighted by Crippen LogP contribution is 2.37. The molecule has 11 heteroatoms. The Bertz CT molecular complexity index is 1000. The average molecular weight is 456 g/mol. The molecule has 0 fully saturated rings. The van der Waals surface area contributed by atoms with Crippen LogP contribution in [0, 0.1) is 20.2 Å². The zero-order valence-electron chi connectivity index (χ0n) is 17.8. The summed E-state index contributed by atoms with van der Waals surface area (Å²) in [6.45, 7) is 7.40. The van der Waals surface area contributed by atoms with E-state index in [1.807, 2.05) is 0 Å². The van der Waals surface area contributed by atoms with Gasteiger partial charge in [-0.1, -0.05) is 13.2 Å². The zero-order valence-corrected chi connectivity index (χ0v) is 17.8. The lowest BCUT2D eigenvalue weighted by atomic mass is 9.98. The van der Waals surface area contributed by atoms with Crippen LogP contribution in [0.25, 0.3) is 0 Å². The van der Waals surface area contributed by atoms with Gasteiger partial charge in [-0.25, -0.2) is 9.59 Å². The largest absolute Gasteiger partial charge is 0.466 e. The second-order valence-corrected chi connectivity index (χ2v) is 6.63. The minimum absolute atomic E-state index is 0.157. The predicted molar refractivity (Wildman–Crippen MR) is 115 cm³/mol. The second kappa shape index (κ2) is 10.8. The first kappa shape index (κ1) is 24.9. The van der Waals surface area contributed by atoms with Crippen molar-refractivity contribution in [2.24, 2.45) is 0 Å². The van der Waals surface area contributed by atoms with E-state index in [0.29, 0.717) is 11.1 Å². The maximum atomic E-state index is 12.2. The molecule has 0 spiro atoms. The van der Waals surface area contributed by atoms with Crippen LogP contribution in [-0.2, 0) is 23.8 Å². The van der Waals surface area contributed by atoms with Gasteiger partial charge in [0.25, 0.3) is 11.4 Å². The number of non-ortho nitro benzene ring substituents is 2. The van der Waals surface area contributed by atoms with Gasteiger partial charge in [0, 0.05) is 24.3 Å². The summed E-state index contributed by atoms with van der Waals surface area (Å²) in [5.74, 6) is -1.63. The van der Waals surface area contributed by atoms with E-state index in [2.05, 4.69) is 13.2 Å². The lowest BCUT2D eigenvalue weighted by molar-refractivity contribution is -0.385. The van der Waals surface area contributed by atoms with Gasteiger partial charge in [-0.05, 0) is 35.4 Å². The van der Waals surface area contributed by atoms with E-state index in [0.717, 1.165) is 14.2 Å². The molecule has 0 aromatic heterocycles. The Hall–Kier alpha value is -4.38. The fraction of sp³-hybridized carbons (Fsp3) is 0.182. The number of nitro benzene ring substituents is 2. The first-order chi connectivity index (χ1) is 15.6. The fourth-order valence-corrected chi connectivity index (χ4v) is 2.88. The minimum atomic E-state index is -1.21. The first-order valence-electron chi connectivity index (χ1n) is 9.29. The first-order valence-corrected chi connectivity index (χ1v) is 9.29. The number of hydrogen-bond donors (Lipinski definition) is 0. The number of nitrogens with zero attached hydrogens (tertiary/aromatic N) is 2. The number of nitro groups is 2. The summed E-state index contributed by atoms with van der Waals surface area (Å²) >= 11 is 0. The molecule has 0 radical (unpaired) electrons. The van der Waals surface area contributed by atoms with Gasteiger partial charge in [-0.2, -0.15) is 0 Å². The van der Waals surface area contributed by atoms with Gasteiger partial charge in [0.05, 0.1) is 35.2 Å². The van der Waals surface area contributed by atoms with Gasteiger partial charge >= 0.3 is 11.9 Å². The highest BCUT2D eigenvalue weighted by atomic mass is 16.6. The molecule has 2 atom stereocenters. The summed E-state index contributed by atoms with van der Waals surface area (Å²) < 4.78 is 15.5. The molecule has 0 aliphatic carbocycles. The Balaban J connectivity index is 2.55. The minimum Gasteiger partial charge on any atom is -0.466 e. The number of carbonyl (C=O) groups is 2. The van der Waals surface area contributed by atoms with Crippen molar-refractivity contribution in [2.45, 2.75) is 12.2 Å². The summed E-state index contributed by atoms with van der Waals surface area (Å²) in [5.41, 5.74) is -0.0767. The summed E-state index contributed by atoms with van der Waals surface area (Å²) in [6, 6.07) is 10.3. The van der Waals surface area contributed by atoms with Gasteiger partial charge in [0.1, 0.15) is 12.2 Å². The maximum absolute atomic E-state index is 12.2. The molecule has 0 saturated heterocycles. The summed E-state index contributed by atoms with van der Waals surface area (Å²) in [4.78, 5) is 45.2. The average Bonchev–Trinajstić information content (AvgIpc) is 2.83. The van der Waals surface area contributed by atoms with E-state index in [1.54, 1.807) is 0 Å². The quantitative estimate of drug-likeness (QED) is 0.225. The van der Waals surface area contributed by atoms with Crippen molar-refractivity contribution >= 4 is 23.3 Å². The van der Waals surface area contributed by atoms with E-state index in [4.69, 9.17) is 14.2 Å². The normalized spacial score (nSPS) is 12.2. The lowest BCUT2D eigenvalue weighted by Gasteiger charge is -2.27. The Labute approximate surface area is 188 Å². The molecule has 33 heavy (non-hydrogen) atoms. The molecule has 0 unspecified atom stereocenters. The summed E-state index contributed by atoms with van der Waals surface area (Å²) in [5, 5.41) is 22.0. The number of rotatable bonds is 10. The van der Waals surface area contributed by atoms with Crippen LogP contribution in [0.2, 0.25) is 0 Å². The molecule has 172 valence electrons. The Morgan fingerprint density at radius 3 is 1.27 bits per heavy atom. The van der Waals surface area contributed by atoms with E-state index in [1.165, 1.54) is 48.5 Å². The van der Waals surface area contributed by atoms with Gasteiger partial charge in [0.15, 0.2) is 0 Å². The molecule has 0 aliphatic heterocycles. The van der Waals surface area contributed by atoms with E-state index in [9.17, 15) is 29.8 Å². The third kappa shape index (κ3) is 5.86. The van der Waals surface area contributed by atoms with Crippen LogP contribution in [0.15, 0.2) is 72.8 Å². The Morgan fingerprint density at radius 1 is 0.727 bits per heavy atom. The second-order valence-electron chi connectivity index (χ2n) is 6.63. The molecule has 0 N–H and O–H groups in total. The van der Waals surface area contributed by atoms with Gasteiger partial charge in [0.2, 0.25) is 0 Å². The van der Waals surface area contributed by atoms with Crippen LogP contribution in [0.3, 0.4) is 0 Å². The summed E-state index contributed by atoms with van der Waals surface area (Å²) in [7, 11) is 2.28. The lowest BCUT2D eigenvalue weighted by Crippen LogP contribution is -2.21. The standard InChI is InChI=1S/C22H20N2O9/c1-13(21(25)31-3)19(15-5-9-17(10-6-15)23(27)28)33-20(14(2)22(26)32-4)16-7-11-18(12-8-16)24(29)30/h5-12,19-20H,1-2H2,3-4H3/t19-,20-/m1/s1. The predicted octanol–water partition coefficient (Wildman–Crippen LogP) is 3.76. The van der Waals surface area contributed by atoms with Crippen molar-refractivity contribution in [2.75, 3.05) is 14.2 Å². The van der Waals surface area contributed by atoms with Crippen molar-refractivity contribution in [1.82, 2.24) is 0 Å². The molecule has 11 nitrogen and oxygen atoms in total. The molecule has 2 aromatic carbocycles. The molecule has 0 amide bonds. The number of ether oxygens (including phenoxy) is 3. The molecule has 0 heterocycles. The Kier molecular flexibility index (Phi) is 8.13. The molecule has 0 bridgehead atoms. The van der Waals surface area contributed by atoms with Crippen molar-refractivity contribution in [3.05, 3.63) is 104 Å². The van der Waals surface area contributed by atoms with Crippen LogP contribution in [0.4, 0.5) is 11.4 Å². The summed E-state index contributed by atoms with van der Waals surface area (Å²) in [6.07, 6.45) is -2.42. The zero-order chi connectivity index (χ0) is 24.7. The molecule has 2 aromatic rings. The highest BCUT2D eigenvalue weighted by Gasteiger charge is 2.31. The third-order valence-corrected chi connectivity index (χ3v) is 4.61. The van der Waals surface area contributed by atoms with Crippen molar-refractivity contribution in [1.29, 1.82) is 0 Å². The van der Waals surface area contributed by atoms with E-state index in [-0.39, 0.29) is 22.5 Å². The highest BCUT2D eigenvalue weighted by molar-refractivity contribution is 5.90. The van der Waals surface area contributed by atoms with Gasteiger partial charge in [-0.3, -0.25) is 20.2 Å². The van der Waals surface area contributed by atoms with E-state index >= 15 is 0 Å². The molecular formula is C22H20N2O9. The van der Waals surface area contributed by atoms with Crippen LogP contribution < -0.4 is 0 Å². The topological polar surface area (TPSA) is 148 Å². The van der Waals surface area contributed by atoms with Crippen LogP contribution in [-0.4, -0.2) is 36.0 Å². The van der Waals surface area contributed by atoms with Crippen molar-refractivity contribution in [3.63, 3.8) is 0 Å². The maximum Gasteiger partial charge on any atom is 0.336 e. The third-order valence-electron chi connectivity index (χ3n) is 4.61. The monoisotopic (exact) mass is 456 g/mol. The molecular weight excluding hydrogens is 436 g/mol. The number of carbonyl (C=O) groups excluding carboxylic acids is 2. The number of hydrogen-bond acceptors (Lipinski definition) is 9. The number of benzene rings is 2. The molecule has 2 rings (SSSR count). The Morgan fingerprint density at radius 2 is 1.03 bits per heavy atom. The van der Waals surface area contributed by atoms with Crippen molar-refractivity contribution < 1.29 is 33.6 Å². The fourth-order valence-electron chi connectivity index (χ4n) is 2.88. The van der Waals surface area contributed by atoms with E-state index < -0.39 is 34.0 Å². The van der Waals surface area contributed by atoms with Gasteiger partial charge < -0.3 is 14.2 Å². The smallest absolute Gasteiger partial charge is 0.336 e. The van der Waals surface area contributed by atoms with Crippen molar-refractivity contribution in [3.8, 4) is 0 Å². The van der Waals surface area contributed by atoms with Gasteiger partial charge in [-0.15, -0.1) is 0 Å². The van der Waals surface area contributed by atoms with Crippen LogP contribution in [0.1, 0.15) is 23.3 Å².